The van der Waals surface area contributed by atoms with Crippen molar-refractivity contribution in [1.29, 1.82) is 0 Å². The molecule has 0 atom stereocenters. The minimum Gasteiger partial charge on any atom is -0.369 e. The van der Waals surface area contributed by atoms with Crippen LogP contribution in [0.3, 0.4) is 0 Å². The molecule has 0 unspecified atom stereocenters. The third-order valence-corrected chi connectivity index (χ3v) is 2.92. The van der Waals surface area contributed by atoms with E-state index in [4.69, 9.17) is 0 Å². The lowest BCUT2D eigenvalue weighted by Crippen LogP contribution is -2.21. The molecule has 2 rings (SSSR count). The molecule has 0 aromatic carbocycles. The molecule has 0 saturated heterocycles. The molecule has 0 fully saturated rings. The molecule has 2 N–H and O–H groups in total. The highest BCUT2D eigenvalue weighted by Crippen LogP contribution is 2.10. The Morgan fingerprint density at radius 2 is 1.86 bits per heavy atom. The van der Waals surface area contributed by atoms with Crippen LogP contribution in [0.15, 0.2) is 30.6 Å². The van der Waals surface area contributed by atoms with Gasteiger partial charge in [-0.25, -0.2) is 4.98 Å². The van der Waals surface area contributed by atoms with Crippen molar-refractivity contribution < 1.29 is 0 Å². The van der Waals surface area contributed by atoms with Crippen molar-refractivity contribution in [1.82, 2.24) is 19.9 Å². The van der Waals surface area contributed by atoms with Gasteiger partial charge < -0.3 is 15.5 Å². The Kier molecular flexibility index (Phi) is 5.45. The van der Waals surface area contributed by atoms with Crippen molar-refractivity contribution >= 4 is 11.8 Å². The Morgan fingerprint density at radius 1 is 1.10 bits per heavy atom. The van der Waals surface area contributed by atoms with Crippen molar-refractivity contribution in [3.05, 3.63) is 41.9 Å². The van der Waals surface area contributed by atoms with E-state index in [2.05, 4.69) is 44.6 Å². The van der Waals surface area contributed by atoms with Gasteiger partial charge in [-0.1, -0.05) is 0 Å². The smallest absolute Gasteiger partial charge is 0.225 e. The average molecular weight is 286 g/mol. The van der Waals surface area contributed by atoms with E-state index in [0.717, 1.165) is 30.2 Å². The number of nitrogens with zero attached hydrogens (tertiary/aromatic N) is 4. The van der Waals surface area contributed by atoms with Crippen LogP contribution in [0, 0.1) is 6.92 Å². The number of nitrogens with one attached hydrogen (secondary N) is 2. The number of anilines is 2. The van der Waals surface area contributed by atoms with Crippen LogP contribution in [0.1, 0.15) is 11.3 Å². The number of pyridine rings is 1. The summed E-state index contributed by atoms with van der Waals surface area (Å²) in [4.78, 5) is 15.0. The molecule has 6 heteroatoms. The van der Waals surface area contributed by atoms with Crippen molar-refractivity contribution in [2.24, 2.45) is 0 Å². The topological polar surface area (TPSA) is 66.0 Å². The first kappa shape index (κ1) is 15.2. The van der Waals surface area contributed by atoms with Gasteiger partial charge in [0.2, 0.25) is 5.95 Å². The maximum Gasteiger partial charge on any atom is 0.225 e. The summed E-state index contributed by atoms with van der Waals surface area (Å²) in [5.74, 6) is 1.49. The zero-order valence-electron chi connectivity index (χ0n) is 12.8. The standard InChI is InChI=1S/C15H22N6/c1-12-10-14(17-8-9-21(2)3)20-15(19-12)18-11-13-4-6-16-7-5-13/h4-7,10H,8-9,11H2,1-3H3,(H2,17,18,19,20). The second kappa shape index (κ2) is 7.54. The minimum atomic E-state index is 0.638. The first-order valence-electron chi connectivity index (χ1n) is 7.00. The summed E-state index contributed by atoms with van der Waals surface area (Å²) in [5, 5.41) is 6.55. The molecule has 112 valence electrons. The molecule has 21 heavy (non-hydrogen) atoms. The molecule has 2 aromatic heterocycles. The number of aryl methyl sites for hydroxylation is 1. The van der Waals surface area contributed by atoms with Gasteiger partial charge in [0.25, 0.3) is 0 Å². The van der Waals surface area contributed by atoms with E-state index in [9.17, 15) is 0 Å². The Hall–Kier alpha value is -2.21. The number of likely N-dealkylation sites (N-methyl/N-ethyl adjacent to an activating group) is 1. The largest absolute Gasteiger partial charge is 0.369 e. The van der Waals surface area contributed by atoms with Gasteiger partial charge in [0, 0.05) is 43.8 Å². The molecule has 0 aliphatic carbocycles. The molecule has 0 amide bonds. The third kappa shape index (κ3) is 5.35. The zero-order chi connectivity index (χ0) is 15.1. The second-order valence-corrected chi connectivity index (χ2v) is 5.16. The quantitative estimate of drug-likeness (QED) is 0.808. The van der Waals surface area contributed by atoms with Crippen LogP contribution < -0.4 is 10.6 Å². The van der Waals surface area contributed by atoms with Crippen LogP contribution in [0.2, 0.25) is 0 Å². The van der Waals surface area contributed by atoms with Gasteiger partial charge in [-0.15, -0.1) is 0 Å². The molecule has 0 saturated carbocycles. The molecular formula is C15H22N6. The van der Waals surface area contributed by atoms with Crippen LogP contribution in [0.4, 0.5) is 11.8 Å². The number of aromatic nitrogens is 3. The lowest BCUT2D eigenvalue weighted by atomic mass is 10.3. The van der Waals surface area contributed by atoms with Crippen molar-refractivity contribution in [3.8, 4) is 0 Å². The maximum atomic E-state index is 4.48. The summed E-state index contributed by atoms with van der Waals surface area (Å²) in [6, 6.07) is 5.89. The molecule has 2 aromatic rings. The van der Waals surface area contributed by atoms with Crippen LogP contribution in [0.25, 0.3) is 0 Å². The molecule has 0 radical (unpaired) electrons. The van der Waals surface area contributed by atoms with Crippen molar-refractivity contribution in [2.75, 3.05) is 37.8 Å². The minimum absolute atomic E-state index is 0.638. The number of rotatable bonds is 7. The summed E-state index contributed by atoms with van der Waals surface area (Å²) < 4.78 is 0. The lowest BCUT2D eigenvalue weighted by molar-refractivity contribution is 0.425. The van der Waals surface area contributed by atoms with E-state index in [-0.39, 0.29) is 0 Å². The predicted octanol–water partition coefficient (Wildman–Crippen LogP) is 1.77. The highest BCUT2D eigenvalue weighted by Gasteiger charge is 2.02. The highest BCUT2D eigenvalue weighted by atomic mass is 15.2. The number of hydrogen-bond donors (Lipinski definition) is 2. The summed E-state index contributed by atoms with van der Waals surface area (Å²) in [6.45, 7) is 4.47. The van der Waals surface area contributed by atoms with Crippen LogP contribution in [-0.4, -0.2) is 47.0 Å². The molecule has 0 aliphatic rings. The third-order valence-electron chi connectivity index (χ3n) is 2.92. The van der Waals surface area contributed by atoms with Gasteiger partial charge >= 0.3 is 0 Å². The average Bonchev–Trinajstić information content (AvgIpc) is 2.45. The van der Waals surface area contributed by atoms with Gasteiger partial charge in [0.1, 0.15) is 5.82 Å². The first-order valence-corrected chi connectivity index (χ1v) is 7.00. The molecular weight excluding hydrogens is 264 g/mol. The van der Waals surface area contributed by atoms with Gasteiger partial charge in [-0.2, -0.15) is 4.98 Å². The summed E-state index contributed by atoms with van der Waals surface area (Å²) in [5.41, 5.74) is 2.09. The second-order valence-electron chi connectivity index (χ2n) is 5.16. The van der Waals surface area contributed by atoms with Crippen LogP contribution in [0.5, 0.6) is 0 Å². The van der Waals surface area contributed by atoms with Gasteiger partial charge in [-0.05, 0) is 38.7 Å². The fraction of sp³-hybridized carbons (Fsp3) is 0.400. The highest BCUT2D eigenvalue weighted by molar-refractivity contribution is 5.42. The fourth-order valence-corrected chi connectivity index (χ4v) is 1.83. The van der Waals surface area contributed by atoms with Crippen molar-refractivity contribution in [3.63, 3.8) is 0 Å². The normalized spacial score (nSPS) is 10.7. The van der Waals surface area contributed by atoms with Gasteiger partial charge in [-0.3, -0.25) is 4.98 Å². The molecule has 6 nitrogen and oxygen atoms in total. The Morgan fingerprint density at radius 3 is 2.57 bits per heavy atom. The van der Waals surface area contributed by atoms with Crippen LogP contribution >= 0.6 is 0 Å². The van der Waals surface area contributed by atoms with E-state index in [1.54, 1.807) is 12.4 Å². The number of hydrogen-bond acceptors (Lipinski definition) is 6. The summed E-state index contributed by atoms with van der Waals surface area (Å²) in [7, 11) is 4.10. The molecule has 0 aliphatic heterocycles. The molecule has 0 bridgehead atoms. The van der Waals surface area contributed by atoms with E-state index in [0.29, 0.717) is 12.5 Å². The summed E-state index contributed by atoms with van der Waals surface area (Å²) in [6.07, 6.45) is 3.56. The van der Waals surface area contributed by atoms with Gasteiger partial charge in [0.15, 0.2) is 0 Å². The van der Waals surface area contributed by atoms with Crippen molar-refractivity contribution in [2.45, 2.75) is 13.5 Å². The lowest BCUT2D eigenvalue weighted by Gasteiger charge is -2.12. The Labute approximate surface area is 125 Å². The zero-order valence-corrected chi connectivity index (χ0v) is 12.8. The monoisotopic (exact) mass is 286 g/mol. The van der Waals surface area contributed by atoms with E-state index >= 15 is 0 Å². The fourth-order valence-electron chi connectivity index (χ4n) is 1.83. The maximum absolute atomic E-state index is 4.48. The Balaban J connectivity index is 1.94. The van der Waals surface area contributed by atoms with E-state index in [1.807, 2.05) is 25.1 Å². The predicted molar refractivity (Wildman–Crippen MR) is 85.4 cm³/mol. The Bertz CT molecular complexity index is 555. The van der Waals surface area contributed by atoms with Gasteiger partial charge in [0.05, 0.1) is 0 Å². The van der Waals surface area contributed by atoms with Crippen LogP contribution in [-0.2, 0) is 6.54 Å². The first-order chi connectivity index (χ1) is 10.1. The SMILES string of the molecule is Cc1cc(NCCN(C)C)nc(NCc2ccncc2)n1. The molecule has 0 spiro atoms. The van der Waals surface area contributed by atoms with E-state index in [1.165, 1.54) is 0 Å². The summed E-state index contributed by atoms with van der Waals surface area (Å²) >= 11 is 0. The van der Waals surface area contributed by atoms with E-state index < -0.39 is 0 Å². The molecule has 2 heterocycles.